The lowest BCUT2D eigenvalue weighted by Crippen LogP contribution is -2.35. The molecule has 10 rings (SSSR count). The van der Waals surface area contributed by atoms with E-state index in [-0.39, 0.29) is 40.5 Å². The van der Waals surface area contributed by atoms with E-state index >= 15 is 0 Å². The Labute approximate surface area is 345 Å². The number of amides is 4. The first kappa shape index (κ1) is 36.9. The molecule has 0 bridgehead atoms. The Morgan fingerprint density at radius 1 is 0.475 bits per heavy atom. The Morgan fingerprint density at radius 2 is 0.983 bits per heavy atom. The van der Waals surface area contributed by atoms with E-state index in [0.29, 0.717) is 33.9 Å². The Morgan fingerprint density at radius 3 is 1.56 bits per heavy atom. The van der Waals surface area contributed by atoms with Crippen LogP contribution in [0, 0.1) is 0 Å². The predicted octanol–water partition coefficient (Wildman–Crippen LogP) is 11.0. The summed E-state index contributed by atoms with van der Waals surface area (Å²) >= 11 is 0. The molecule has 2 aliphatic carbocycles. The number of benzene rings is 6. The number of hydrogen-bond acceptors (Lipinski definition) is 4. The van der Waals surface area contributed by atoms with Gasteiger partial charge in [0.05, 0.1) is 33.4 Å². The summed E-state index contributed by atoms with van der Waals surface area (Å²) in [4.78, 5) is 58.7. The minimum atomic E-state index is -0.958. The second-order valence-corrected chi connectivity index (χ2v) is 18.3. The highest BCUT2D eigenvalue weighted by atomic mass is 16.2. The van der Waals surface area contributed by atoms with Crippen LogP contribution < -0.4 is 4.90 Å². The number of carbonyl (C=O) groups excluding carboxylic acids is 4. The van der Waals surface area contributed by atoms with E-state index in [1.165, 1.54) is 26.5 Å². The molecular formula is C53H46N2O4. The van der Waals surface area contributed by atoms with Crippen LogP contribution in [0.25, 0.3) is 11.1 Å². The number of nitrogens with zero attached hydrogens (tertiary/aromatic N) is 2. The fourth-order valence-electron chi connectivity index (χ4n) is 11.0. The molecule has 6 aromatic rings. The minimum absolute atomic E-state index is 0.00259. The third-order valence-corrected chi connectivity index (χ3v) is 13.7. The first-order chi connectivity index (χ1) is 28.2. The van der Waals surface area contributed by atoms with Crippen molar-refractivity contribution in [3.8, 4) is 11.1 Å². The Kier molecular flexibility index (Phi) is 7.85. The highest BCUT2D eigenvalue weighted by molar-refractivity contribution is 6.34. The first-order valence-corrected chi connectivity index (χ1v) is 20.7. The molecule has 59 heavy (non-hydrogen) atoms. The quantitative estimate of drug-likeness (QED) is 0.158. The van der Waals surface area contributed by atoms with Gasteiger partial charge in [0.25, 0.3) is 23.6 Å². The van der Waals surface area contributed by atoms with Gasteiger partial charge in [0.2, 0.25) is 0 Å². The molecule has 6 nitrogen and oxygen atoms in total. The summed E-state index contributed by atoms with van der Waals surface area (Å²) in [5.41, 5.74) is 11.6. The zero-order valence-corrected chi connectivity index (χ0v) is 34.5. The molecular weight excluding hydrogens is 729 g/mol. The van der Waals surface area contributed by atoms with Crippen LogP contribution in [-0.2, 0) is 16.2 Å². The minimum Gasteiger partial charge on any atom is -0.272 e. The molecule has 0 aromatic heterocycles. The van der Waals surface area contributed by atoms with Crippen LogP contribution >= 0.6 is 0 Å². The molecule has 0 N–H and O–H groups in total. The Balaban J connectivity index is 1.07. The summed E-state index contributed by atoms with van der Waals surface area (Å²) in [5, 5.41) is 0. The van der Waals surface area contributed by atoms with Gasteiger partial charge in [-0.05, 0) is 124 Å². The van der Waals surface area contributed by atoms with E-state index < -0.39 is 5.41 Å². The van der Waals surface area contributed by atoms with Gasteiger partial charge in [0.15, 0.2) is 0 Å². The molecule has 0 radical (unpaired) electrons. The molecule has 0 spiro atoms. The van der Waals surface area contributed by atoms with Crippen LogP contribution in [0.15, 0.2) is 127 Å². The fraction of sp³-hybridized carbons (Fsp3) is 0.245. The summed E-state index contributed by atoms with van der Waals surface area (Å²) in [5.74, 6) is -0.938. The van der Waals surface area contributed by atoms with Gasteiger partial charge >= 0.3 is 0 Å². The largest absolute Gasteiger partial charge is 0.272 e. The Hall–Kier alpha value is -6.40. The molecule has 0 fully saturated rings. The number of fused-ring (bicyclic) bond motifs is 6. The van der Waals surface area contributed by atoms with Gasteiger partial charge in [-0.3, -0.25) is 24.1 Å². The number of anilines is 1. The van der Waals surface area contributed by atoms with Crippen molar-refractivity contribution in [1.82, 2.24) is 4.90 Å². The predicted molar refractivity (Wildman–Crippen MR) is 232 cm³/mol. The second-order valence-electron chi connectivity index (χ2n) is 18.3. The maximum Gasteiger partial charge on any atom is 0.266 e. The van der Waals surface area contributed by atoms with Crippen molar-refractivity contribution in [2.24, 2.45) is 0 Å². The smallest absolute Gasteiger partial charge is 0.266 e. The number of carbonyl (C=O) groups is 4. The summed E-state index contributed by atoms with van der Waals surface area (Å²) < 4.78 is 0. The third-order valence-electron chi connectivity index (χ3n) is 13.7. The summed E-state index contributed by atoms with van der Waals surface area (Å²) in [6.45, 7) is 15.1. The van der Waals surface area contributed by atoms with Crippen molar-refractivity contribution < 1.29 is 19.2 Å². The standard InChI is InChI=1S/C53H46N2O4/c1-30(2)32-16-25-45-46(26-32)52(7,29-51(45,5)6)33-17-21-36(22-18-33)55-48(57)40-24-20-35(28-42(40)50(55)59)53(43-14-10-8-12-37(43)38-13-9-11-15-44(38)53)34-19-23-39-41(27-34)49(58)54(31(3)4)47(39)56/h8-28,30-31H,29H2,1-7H3. The second kappa shape index (κ2) is 12.6. The van der Waals surface area contributed by atoms with Crippen molar-refractivity contribution in [1.29, 1.82) is 0 Å². The zero-order valence-electron chi connectivity index (χ0n) is 34.5. The molecule has 2 heterocycles. The summed E-state index contributed by atoms with van der Waals surface area (Å²) in [7, 11) is 0. The first-order valence-electron chi connectivity index (χ1n) is 20.7. The van der Waals surface area contributed by atoms with Crippen molar-refractivity contribution in [2.75, 3.05) is 4.90 Å². The number of imide groups is 2. The molecule has 4 aliphatic rings. The fourth-order valence-corrected chi connectivity index (χ4v) is 11.0. The van der Waals surface area contributed by atoms with Crippen LogP contribution in [0.4, 0.5) is 5.69 Å². The topological polar surface area (TPSA) is 74.8 Å². The van der Waals surface area contributed by atoms with Gasteiger partial charge in [0.1, 0.15) is 0 Å². The van der Waals surface area contributed by atoms with Gasteiger partial charge in [-0.25, -0.2) is 4.90 Å². The molecule has 1 atom stereocenters. The van der Waals surface area contributed by atoms with Gasteiger partial charge in [-0.1, -0.05) is 126 Å². The van der Waals surface area contributed by atoms with E-state index in [9.17, 15) is 19.2 Å². The molecule has 6 aromatic carbocycles. The van der Waals surface area contributed by atoms with E-state index in [1.807, 2.05) is 74.5 Å². The molecule has 292 valence electrons. The average Bonchev–Trinajstić information content (AvgIpc) is 3.84. The van der Waals surface area contributed by atoms with Crippen LogP contribution in [0.5, 0.6) is 0 Å². The summed E-state index contributed by atoms with van der Waals surface area (Å²) in [6, 6.07) is 42.2. The molecule has 4 amide bonds. The van der Waals surface area contributed by atoms with Crippen molar-refractivity contribution in [2.45, 2.75) is 83.1 Å². The van der Waals surface area contributed by atoms with Crippen molar-refractivity contribution >= 4 is 29.3 Å². The van der Waals surface area contributed by atoms with E-state index in [0.717, 1.165) is 45.4 Å². The third kappa shape index (κ3) is 4.92. The van der Waals surface area contributed by atoms with Crippen molar-refractivity contribution in [3.05, 3.63) is 194 Å². The van der Waals surface area contributed by atoms with Crippen LogP contribution in [0.3, 0.4) is 0 Å². The summed E-state index contributed by atoms with van der Waals surface area (Å²) in [6.07, 6.45) is 0.949. The molecule has 6 heteroatoms. The Bertz CT molecular complexity index is 2800. The lowest BCUT2D eigenvalue weighted by Gasteiger charge is -2.34. The van der Waals surface area contributed by atoms with Gasteiger partial charge in [-0.15, -0.1) is 0 Å². The van der Waals surface area contributed by atoms with Crippen LogP contribution in [0.1, 0.15) is 147 Å². The molecule has 1 unspecified atom stereocenters. The van der Waals surface area contributed by atoms with E-state index in [1.54, 1.807) is 12.1 Å². The number of rotatable bonds is 6. The normalized spacial score (nSPS) is 19.4. The van der Waals surface area contributed by atoms with Gasteiger partial charge < -0.3 is 0 Å². The zero-order chi connectivity index (χ0) is 41.3. The SMILES string of the molecule is CC(C)c1ccc2c(c1)C(C)(c1ccc(N3C(=O)c4ccc(C5(c6ccc7c(c6)C(=O)N(C(C)C)C7=O)c6ccccc6-c6ccccc65)cc4C3=O)cc1)CC2(C)C. The maximum atomic E-state index is 14.6. The van der Waals surface area contributed by atoms with Gasteiger partial charge in [0, 0.05) is 11.5 Å². The lowest BCUT2D eigenvalue weighted by molar-refractivity contribution is 0.0608. The maximum absolute atomic E-state index is 14.6. The van der Waals surface area contributed by atoms with Gasteiger partial charge in [-0.2, -0.15) is 0 Å². The molecule has 2 aliphatic heterocycles. The average molecular weight is 775 g/mol. The highest BCUT2D eigenvalue weighted by Crippen LogP contribution is 2.57. The van der Waals surface area contributed by atoms with Crippen molar-refractivity contribution in [3.63, 3.8) is 0 Å². The monoisotopic (exact) mass is 774 g/mol. The van der Waals surface area contributed by atoms with E-state index in [2.05, 4.69) is 89.2 Å². The highest BCUT2D eigenvalue weighted by Gasteiger charge is 2.50. The lowest BCUT2D eigenvalue weighted by atomic mass is 9.67. The molecule has 0 saturated carbocycles. The molecule has 0 saturated heterocycles. The van der Waals surface area contributed by atoms with E-state index in [4.69, 9.17) is 0 Å². The van der Waals surface area contributed by atoms with Crippen LogP contribution in [-0.4, -0.2) is 34.6 Å². The van der Waals surface area contributed by atoms with Crippen LogP contribution in [0.2, 0.25) is 0 Å². The number of hydrogen-bond donors (Lipinski definition) is 0.